The number of nitrogens with one attached hydrogen (secondary N) is 2. The third-order valence-corrected chi connectivity index (χ3v) is 4.14. The van der Waals surface area contributed by atoms with E-state index in [-0.39, 0.29) is 12.1 Å². The molecule has 0 saturated heterocycles. The van der Waals surface area contributed by atoms with Crippen LogP contribution in [-0.4, -0.2) is 33.6 Å². The van der Waals surface area contributed by atoms with Gasteiger partial charge < -0.3 is 15.4 Å². The van der Waals surface area contributed by atoms with E-state index in [1.807, 2.05) is 39.4 Å². The first-order valence-corrected chi connectivity index (χ1v) is 8.45. The number of nitrogens with zero attached hydrogens (tertiary/aromatic N) is 2. The minimum absolute atomic E-state index is 0.225. The second kappa shape index (κ2) is 7.34. The van der Waals surface area contributed by atoms with Gasteiger partial charge in [-0.05, 0) is 53.4 Å². The van der Waals surface area contributed by atoms with Crippen LogP contribution in [0, 0.1) is 6.92 Å². The second-order valence-electron chi connectivity index (χ2n) is 7.49. The highest BCUT2D eigenvalue weighted by Crippen LogP contribution is 2.20. The Morgan fingerprint density at radius 3 is 2.43 bits per heavy atom. The summed E-state index contributed by atoms with van der Waals surface area (Å²) in [7, 11) is 1.95. The average molecular weight is 322 g/mol. The van der Waals surface area contributed by atoms with Crippen molar-refractivity contribution < 1.29 is 9.53 Å². The molecule has 130 valence electrons. The average Bonchev–Trinajstić information content (AvgIpc) is 2.74. The molecular weight excluding hydrogens is 292 g/mol. The Balaban J connectivity index is 1.69. The number of hydrogen-bond donors (Lipinski definition) is 2. The van der Waals surface area contributed by atoms with E-state index in [9.17, 15) is 4.79 Å². The van der Waals surface area contributed by atoms with Crippen molar-refractivity contribution >= 4 is 6.09 Å². The lowest BCUT2D eigenvalue weighted by Crippen LogP contribution is -2.43. The first-order valence-electron chi connectivity index (χ1n) is 8.45. The molecule has 0 unspecified atom stereocenters. The molecule has 2 N–H and O–H groups in total. The number of amides is 1. The fourth-order valence-corrected chi connectivity index (χ4v) is 2.99. The first kappa shape index (κ1) is 17.8. The van der Waals surface area contributed by atoms with Crippen LogP contribution in [0.15, 0.2) is 6.20 Å². The van der Waals surface area contributed by atoms with Gasteiger partial charge in [-0.25, -0.2) is 4.79 Å². The summed E-state index contributed by atoms with van der Waals surface area (Å²) in [6.45, 7) is 8.54. The van der Waals surface area contributed by atoms with E-state index < -0.39 is 5.60 Å². The molecule has 0 bridgehead atoms. The summed E-state index contributed by atoms with van der Waals surface area (Å²) in [6.07, 6.45) is 5.88. The van der Waals surface area contributed by atoms with E-state index in [1.165, 1.54) is 5.56 Å². The number of aryl methyl sites for hydroxylation is 2. The van der Waals surface area contributed by atoms with E-state index in [0.29, 0.717) is 6.04 Å². The van der Waals surface area contributed by atoms with Crippen molar-refractivity contribution in [2.24, 2.45) is 7.05 Å². The lowest BCUT2D eigenvalue weighted by Gasteiger charge is -2.30. The third kappa shape index (κ3) is 5.86. The summed E-state index contributed by atoms with van der Waals surface area (Å²) >= 11 is 0. The summed E-state index contributed by atoms with van der Waals surface area (Å²) in [4.78, 5) is 11.8. The van der Waals surface area contributed by atoms with Crippen LogP contribution in [0.2, 0.25) is 0 Å². The SMILES string of the molecule is Cc1nn(C)cc1CNC1CCC(NC(=O)OC(C)(C)C)CC1. The molecule has 0 atom stereocenters. The highest BCUT2D eigenvalue weighted by atomic mass is 16.6. The fraction of sp³-hybridized carbons (Fsp3) is 0.765. The molecule has 1 saturated carbocycles. The zero-order valence-electron chi connectivity index (χ0n) is 15.0. The van der Waals surface area contributed by atoms with Gasteiger partial charge in [-0.2, -0.15) is 5.10 Å². The van der Waals surface area contributed by atoms with E-state index in [0.717, 1.165) is 37.9 Å². The summed E-state index contributed by atoms with van der Waals surface area (Å²) < 4.78 is 7.17. The molecule has 1 aliphatic carbocycles. The Hall–Kier alpha value is -1.56. The van der Waals surface area contributed by atoms with Crippen LogP contribution >= 0.6 is 0 Å². The number of carbonyl (C=O) groups excluding carboxylic acids is 1. The van der Waals surface area contributed by atoms with Gasteiger partial charge in [0, 0.05) is 37.4 Å². The number of carbonyl (C=O) groups is 1. The summed E-state index contributed by atoms with van der Waals surface area (Å²) in [5.41, 5.74) is 1.89. The van der Waals surface area contributed by atoms with Crippen LogP contribution in [0.25, 0.3) is 0 Å². The highest BCUT2D eigenvalue weighted by molar-refractivity contribution is 5.68. The number of ether oxygens (including phenoxy) is 1. The molecule has 6 nitrogen and oxygen atoms in total. The lowest BCUT2D eigenvalue weighted by molar-refractivity contribution is 0.0489. The van der Waals surface area contributed by atoms with Crippen LogP contribution < -0.4 is 10.6 Å². The van der Waals surface area contributed by atoms with Crippen molar-refractivity contribution in [2.45, 2.75) is 77.6 Å². The minimum atomic E-state index is -0.440. The van der Waals surface area contributed by atoms with Gasteiger partial charge in [-0.3, -0.25) is 4.68 Å². The molecule has 1 aromatic heterocycles. The van der Waals surface area contributed by atoms with Crippen LogP contribution in [0.1, 0.15) is 57.7 Å². The van der Waals surface area contributed by atoms with Crippen molar-refractivity contribution in [3.8, 4) is 0 Å². The molecule has 1 amide bonds. The fourth-order valence-electron chi connectivity index (χ4n) is 2.99. The normalized spacial score (nSPS) is 22.0. The topological polar surface area (TPSA) is 68.2 Å². The molecule has 0 aromatic carbocycles. The number of alkyl carbamates (subject to hydrolysis) is 1. The zero-order valence-corrected chi connectivity index (χ0v) is 15.0. The van der Waals surface area contributed by atoms with Gasteiger partial charge >= 0.3 is 6.09 Å². The number of rotatable bonds is 4. The third-order valence-electron chi connectivity index (χ3n) is 4.14. The largest absolute Gasteiger partial charge is 0.444 e. The molecule has 2 rings (SSSR count). The number of aromatic nitrogens is 2. The van der Waals surface area contributed by atoms with E-state index in [2.05, 4.69) is 21.9 Å². The summed E-state index contributed by atoms with van der Waals surface area (Å²) in [5.74, 6) is 0. The second-order valence-corrected chi connectivity index (χ2v) is 7.49. The maximum Gasteiger partial charge on any atom is 0.407 e. The van der Waals surface area contributed by atoms with Crippen LogP contribution in [0.5, 0.6) is 0 Å². The molecule has 23 heavy (non-hydrogen) atoms. The first-order chi connectivity index (χ1) is 10.7. The minimum Gasteiger partial charge on any atom is -0.444 e. The van der Waals surface area contributed by atoms with E-state index in [1.54, 1.807) is 0 Å². The highest BCUT2D eigenvalue weighted by Gasteiger charge is 2.24. The molecule has 1 aliphatic rings. The van der Waals surface area contributed by atoms with Crippen LogP contribution in [0.4, 0.5) is 4.79 Å². The lowest BCUT2D eigenvalue weighted by atomic mass is 9.91. The Kier molecular flexibility index (Phi) is 5.68. The van der Waals surface area contributed by atoms with Crippen molar-refractivity contribution in [2.75, 3.05) is 0 Å². The van der Waals surface area contributed by atoms with Gasteiger partial charge in [0.05, 0.1) is 5.69 Å². The van der Waals surface area contributed by atoms with E-state index >= 15 is 0 Å². The van der Waals surface area contributed by atoms with Gasteiger partial charge in [0.25, 0.3) is 0 Å². The monoisotopic (exact) mass is 322 g/mol. The molecule has 6 heteroatoms. The van der Waals surface area contributed by atoms with Gasteiger partial charge in [0.1, 0.15) is 5.60 Å². The van der Waals surface area contributed by atoms with Gasteiger partial charge in [-0.15, -0.1) is 0 Å². The Bertz CT molecular complexity index is 525. The van der Waals surface area contributed by atoms with E-state index in [4.69, 9.17) is 4.74 Å². The Morgan fingerprint density at radius 2 is 1.91 bits per heavy atom. The maximum absolute atomic E-state index is 11.8. The maximum atomic E-state index is 11.8. The standard InChI is InChI=1S/C17H30N4O2/c1-12-13(11-21(5)20-12)10-18-14-6-8-15(9-7-14)19-16(22)23-17(2,3)4/h11,14-15,18H,6-10H2,1-5H3,(H,19,22). The molecule has 1 fully saturated rings. The molecule has 1 heterocycles. The van der Waals surface area contributed by atoms with Gasteiger partial charge in [0.15, 0.2) is 0 Å². The van der Waals surface area contributed by atoms with Crippen LogP contribution in [-0.2, 0) is 18.3 Å². The predicted molar refractivity (Wildman–Crippen MR) is 90.2 cm³/mol. The summed E-state index contributed by atoms with van der Waals surface area (Å²) in [5, 5.41) is 11.0. The van der Waals surface area contributed by atoms with Crippen LogP contribution in [0.3, 0.4) is 0 Å². The van der Waals surface area contributed by atoms with Gasteiger partial charge in [0.2, 0.25) is 0 Å². The van der Waals surface area contributed by atoms with Crippen molar-refractivity contribution in [3.05, 3.63) is 17.5 Å². The van der Waals surface area contributed by atoms with Crippen molar-refractivity contribution in [1.29, 1.82) is 0 Å². The van der Waals surface area contributed by atoms with Crippen molar-refractivity contribution in [1.82, 2.24) is 20.4 Å². The quantitative estimate of drug-likeness (QED) is 0.894. The number of hydrogen-bond acceptors (Lipinski definition) is 4. The molecule has 1 aromatic rings. The van der Waals surface area contributed by atoms with Crippen molar-refractivity contribution in [3.63, 3.8) is 0 Å². The predicted octanol–water partition coefficient (Wildman–Crippen LogP) is 2.65. The van der Waals surface area contributed by atoms with Gasteiger partial charge in [-0.1, -0.05) is 0 Å². The summed E-state index contributed by atoms with van der Waals surface area (Å²) in [6, 6.07) is 0.731. The Morgan fingerprint density at radius 1 is 1.30 bits per heavy atom. The molecular formula is C17H30N4O2. The zero-order chi connectivity index (χ0) is 17.0. The molecule has 0 radical (unpaired) electrons. The molecule has 0 spiro atoms. The molecule has 0 aliphatic heterocycles. The Labute approximate surface area is 139 Å². The smallest absolute Gasteiger partial charge is 0.407 e.